The second-order valence-corrected chi connectivity index (χ2v) is 10.7. The van der Waals surface area contributed by atoms with E-state index in [2.05, 4.69) is 15.2 Å². The van der Waals surface area contributed by atoms with Crippen LogP contribution in [0.3, 0.4) is 0 Å². The fourth-order valence-corrected chi connectivity index (χ4v) is 6.68. The van der Waals surface area contributed by atoms with Crippen molar-refractivity contribution in [3.63, 3.8) is 0 Å². The number of hydrogen-bond acceptors (Lipinski definition) is 7. The molecule has 0 radical (unpaired) electrons. The first-order chi connectivity index (χ1) is 18.2. The molecule has 4 atom stereocenters. The van der Waals surface area contributed by atoms with Crippen LogP contribution >= 0.6 is 0 Å². The highest BCUT2D eigenvalue weighted by Gasteiger charge is 2.60. The third-order valence-corrected chi connectivity index (χ3v) is 8.41. The molecule has 1 N–H and O–H groups in total. The molecule has 4 fully saturated rings. The van der Waals surface area contributed by atoms with Gasteiger partial charge in [0.2, 0.25) is 5.91 Å². The number of piperidine rings is 1. The van der Waals surface area contributed by atoms with Gasteiger partial charge in [0.05, 0.1) is 56.0 Å². The van der Waals surface area contributed by atoms with Gasteiger partial charge in [0.15, 0.2) is 0 Å². The molecule has 0 spiro atoms. The number of carbonyl (C=O) groups is 1. The lowest BCUT2D eigenvalue weighted by Crippen LogP contribution is -2.50. The molecule has 1 aromatic heterocycles. The Morgan fingerprint density at radius 1 is 1.08 bits per heavy atom. The van der Waals surface area contributed by atoms with Gasteiger partial charge in [-0.2, -0.15) is 13.2 Å². The van der Waals surface area contributed by atoms with Crippen LogP contribution in [0.15, 0.2) is 30.5 Å². The van der Waals surface area contributed by atoms with E-state index >= 15 is 0 Å². The molecule has 5 aliphatic rings. The third-order valence-electron chi connectivity index (χ3n) is 8.41. The van der Waals surface area contributed by atoms with Gasteiger partial charge in [0, 0.05) is 17.2 Å². The molecule has 1 amide bonds. The fraction of sp³-hybridized carbons (Fsp3) is 0.538. The standard InChI is InChI=1S/C26H27F4N5O3/c27-16-7-15-10-34(25(36)14-3-5-33(6-4-14)13-26(28,29)30)19-8-17(1-2-18(19)32-24(15)31-9-16)35-20-11-37-23-21(35)12-38-22(20)23/h1-2,7-9,14,20-23H,3-6,10-13H2,(H,31,32)/t20-,21-,22-,23-/m1/s1. The number of pyridine rings is 1. The van der Waals surface area contributed by atoms with Gasteiger partial charge >= 0.3 is 6.18 Å². The predicted octanol–water partition coefficient (Wildman–Crippen LogP) is 3.44. The number of benzene rings is 1. The lowest BCUT2D eigenvalue weighted by atomic mass is 9.94. The van der Waals surface area contributed by atoms with E-state index < -0.39 is 24.5 Å². The normalized spacial score (nSPS) is 28.7. The van der Waals surface area contributed by atoms with Crippen LogP contribution in [0, 0.1) is 11.7 Å². The Labute approximate surface area is 216 Å². The number of aromatic nitrogens is 1. The van der Waals surface area contributed by atoms with Crippen LogP contribution in [0.25, 0.3) is 0 Å². The number of likely N-dealkylation sites (tertiary alicyclic amines) is 1. The van der Waals surface area contributed by atoms with Gasteiger partial charge in [0.1, 0.15) is 23.8 Å². The van der Waals surface area contributed by atoms with E-state index in [0.29, 0.717) is 48.8 Å². The molecule has 0 saturated carbocycles. The smallest absolute Gasteiger partial charge is 0.371 e. The van der Waals surface area contributed by atoms with Gasteiger partial charge in [-0.15, -0.1) is 0 Å². The number of anilines is 4. The third kappa shape index (κ3) is 4.00. The lowest BCUT2D eigenvalue weighted by molar-refractivity contribution is -0.149. The van der Waals surface area contributed by atoms with E-state index in [1.807, 2.05) is 18.2 Å². The molecule has 8 nitrogen and oxygen atoms in total. The molecule has 4 saturated heterocycles. The molecule has 12 heteroatoms. The van der Waals surface area contributed by atoms with Gasteiger partial charge < -0.3 is 24.6 Å². The monoisotopic (exact) mass is 533 g/mol. The number of nitrogens with one attached hydrogen (secondary N) is 1. The molecule has 2 aromatic rings. The Balaban J connectivity index is 1.20. The quantitative estimate of drug-likeness (QED) is 0.607. The Bertz CT molecular complexity index is 1250. The van der Waals surface area contributed by atoms with Gasteiger partial charge in [-0.3, -0.25) is 9.69 Å². The van der Waals surface area contributed by atoms with Crippen molar-refractivity contribution < 1.29 is 31.8 Å². The van der Waals surface area contributed by atoms with Gasteiger partial charge in [0.25, 0.3) is 0 Å². The van der Waals surface area contributed by atoms with Crippen LogP contribution < -0.4 is 15.1 Å². The van der Waals surface area contributed by atoms with Crippen molar-refractivity contribution in [3.05, 3.63) is 41.8 Å². The van der Waals surface area contributed by atoms with E-state index in [1.165, 1.54) is 11.0 Å². The summed E-state index contributed by atoms with van der Waals surface area (Å²) >= 11 is 0. The maximum atomic E-state index is 14.1. The average molecular weight is 534 g/mol. The Kier molecular flexibility index (Phi) is 5.57. The highest BCUT2D eigenvalue weighted by Crippen LogP contribution is 2.46. The molecule has 38 heavy (non-hydrogen) atoms. The molecule has 6 heterocycles. The number of carbonyl (C=O) groups excluding carboxylic acids is 1. The number of halogens is 4. The second-order valence-electron chi connectivity index (χ2n) is 10.7. The second kappa shape index (κ2) is 8.78. The van der Waals surface area contributed by atoms with Crippen LogP contribution in [0.4, 0.5) is 40.4 Å². The number of morpholine rings is 2. The summed E-state index contributed by atoms with van der Waals surface area (Å²) in [6, 6.07) is 7.43. The van der Waals surface area contributed by atoms with Gasteiger partial charge in [-0.05, 0) is 50.2 Å². The summed E-state index contributed by atoms with van der Waals surface area (Å²) in [6.07, 6.45) is -2.41. The molecular weight excluding hydrogens is 506 g/mol. The van der Waals surface area contributed by atoms with Crippen molar-refractivity contribution in [2.45, 2.75) is 49.9 Å². The molecule has 202 valence electrons. The number of amides is 1. The number of nitrogens with zero attached hydrogens (tertiary/aromatic N) is 4. The first kappa shape index (κ1) is 24.1. The van der Waals surface area contributed by atoms with E-state index in [-0.39, 0.29) is 49.8 Å². The summed E-state index contributed by atoms with van der Waals surface area (Å²) in [5, 5.41) is 3.26. The molecule has 0 aliphatic carbocycles. The van der Waals surface area contributed by atoms with Crippen molar-refractivity contribution >= 4 is 28.8 Å². The zero-order chi connectivity index (χ0) is 26.2. The first-order valence-electron chi connectivity index (χ1n) is 12.9. The predicted molar refractivity (Wildman–Crippen MR) is 130 cm³/mol. The van der Waals surface area contributed by atoms with Crippen molar-refractivity contribution in [3.8, 4) is 0 Å². The Morgan fingerprint density at radius 2 is 1.79 bits per heavy atom. The summed E-state index contributed by atoms with van der Waals surface area (Å²) in [4.78, 5) is 23.4. The molecule has 4 bridgehead atoms. The lowest BCUT2D eigenvalue weighted by Gasteiger charge is -2.39. The topological polar surface area (TPSA) is 70.2 Å². The number of rotatable bonds is 3. The summed E-state index contributed by atoms with van der Waals surface area (Å²) < 4.78 is 64.5. The zero-order valence-electron chi connectivity index (χ0n) is 20.5. The van der Waals surface area contributed by atoms with Crippen LogP contribution in [-0.4, -0.2) is 79.1 Å². The molecular formula is C26H27F4N5O3. The Morgan fingerprint density at radius 3 is 2.47 bits per heavy atom. The van der Waals surface area contributed by atoms with Crippen molar-refractivity contribution in [2.24, 2.45) is 5.92 Å². The van der Waals surface area contributed by atoms with Crippen LogP contribution in [0.1, 0.15) is 18.4 Å². The van der Waals surface area contributed by atoms with Crippen LogP contribution in [0.5, 0.6) is 0 Å². The first-order valence-corrected chi connectivity index (χ1v) is 12.9. The summed E-state index contributed by atoms with van der Waals surface area (Å²) in [5.41, 5.74) is 2.79. The number of ether oxygens (including phenoxy) is 2. The maximum absolute atomic E-state index is 14.1. The van der Waals surface area contributed by atoms with E-state index in [9.17, 15) is 22.4 Å². The van der Waals surface area contributed by atoms with Crippen LogP contribution in [0.2, 0.25) is 0 Å². The summed E-state index contributed by atoms with van der Waals surface area (Å²) in [6.45, 7) is 0.683. The minimum atomic E-state index is -4.27. The average Bonchev–Trinajstić information content (AvgIpc) is 3.53. The van der Waals surface area contributed by atoms with Gasteiger partial charge in [-0.1, -0.05) is 0 Å². The van der Waals surface area contributed by atoms with Crippen molar-refractivity contribution in [1.82, 2.24) is 9.88 Å². The SMILES string of the molecule is O=C(C1CCN(CC(F)(F)F)CC1)N1Cc2cc(F)cnc2Nc2ccc(N3[C@@H]4CO[C@H]5[C@@H]4OC[C@H]53)cc21. The number of alkyl halides is 3. The molecule has 7 rings (SSSR count). The fourth-order valence-electron chi connectivity index (χ4n) is 6.68. The zero-order valence-corrected chi connectivity index (χ0v) is 20.5. The van der Waals surface area contributed by atoms with Crippen molar-refractivity contribution in [1.29, 1.82) is 0 Å². The maximum Gasteiger partial charge on any atom is 0.401 e. The summed E-state index contributed by atoms with van der Waals surface area (Å²) in [5.74, 6) is -0.643. The van der Waals surface area contributed by atoms with Crippen molar-refractivity contribution in [2.75, 3.05) is 48.0 Å². The highest BCUT2D eigenvalue weighted by molar-refractivity contribution is 6.00. The van der Waals surface area contributed by atoms with E-state index in [1.54, 1.807) is 4.90 Å². The van der Waals surface area contributed by atoms with E-state index in [4.69, 9.17) is 9.47 Å². The minimum Gasteiger partial charge on any atom is -0.371 e. The molecule has 1 aromatic carbocycles. The van der Waals surface area contributed by atoms with E-state index in [0.717, 1.165) is 11.9 Å². The summed E-state index contributed by atoms with van der Waals surface area (Å²) in [7, 11) is 0. The van der Waals surface area contributed by atoms with Gasteiger partial charge in [-0.25, -0.2) is 9.37 Å². The highest BCUT2D eigenvalue weighted by atomic mass is 19.4. The number of fused-ring (bicyclic) bond motifs is 2. The number of hydrogen-bond donors (Lipinski definition) is 1. The van der Waals surface area contributed by atoms with Crippen LogP contribution in [-0.2, 0) is 20.8 Å². The molecule has 0 unspecified atom stereocenters. The largest absolute Gasteiger partial charge is 0.401 e. The molecule has 5 aliphatic heterocycles. The minimum absolute atomic E-state index is 0.0352. The Hall–Kier alpha value is -2.96.